The number of methoxy groups -OCH3 is 1. The average molecular weight is 313 g/mol. The summed E-state index contributed by atoms with van der Waals surface area (Å²) in [6.07, 6.45) is 1.37. The summed E-state index contributed by atoms with van der Waals surface area (Å²) in [7, 11) is 1.26. The van der Waals surface area contributed by atoms with Crippen LogP contribution in [0.2, 0.25) is 0 Å². The zero-order chi connectivity index (χ0) is 16.2. The summed E-state index contributed by atoms with van der Waals surface area (Å²) in [6, 6.07) is 10.4. The molecule has 3 aromatic rings. The van der Waals surface area contributed by atoms with E-state index >= 15 is 0 Å². The van der Waals surface area contributed by atoms with Crippen LogP contribution in [-0.4, -0.2) is 50.4 Å². The lowest BCUT2D eigenvalue weighted by Gasteiger charge is -2.16. The van der Waals surface area contributed by atoms with Gasteiger partial charge in [-0.3, -0.25) is 0 Å². The van der Waals surface area contributed by atoms with Crippen LogP contribution in [0, 0.1) is 0 Å². The number of carbonyl (C=O) groups is 1. The Morgan fingerprint density at radius 3 is 2.87 bits per heavy atom. The van der Waals surface area contributed by atoms with E-state index in [2.05, 4.69) is 25.1 Å². The summed E-state index contributed by atoms with van der Waals surface area (Å²) in [6.45, 7) is -0.411. The van der Waals surface area contributed by atoms with E-state index in [1.54, 1.807) is 6.07 Å². The number of aromatic nitrogens is 4. The van der Waals surface area contributed by atoms with Crippen LogP contribution >= 0.6 is 0 Å². The van der Waals surface area contributed by atoms with E-state index in [9.17, 15) is 9.90 Å². The Bertz CT molecular complexity index is 818. The largest absolute Gasteiger partial charge is 0.467 e. The SMILES string of the molecule is COC(=O)C(CO)Nc1cc(-c2ccccc2)nc2ncnn12. The lowest BCUT2D eigenvalue weighted by atomic mass is 10.1. The third kappa shape index (κ3) is 2.97. The second-order valence-electron chi connectivity index (χ2n) is 4.77. The first kappa shape index (κ1) is 14.9. The van der Waals surface area contributed by atoms with E-state index < -0.39 is 18.6 Å². The van der Waals surface area contributed by atoms with Crippen LogP contribution in [0.5, 0.6) is 0 Å². The minimum atomic E-state index is -0.904. The number of rotatable bonds is 5. The van der Waals surface area contributed by atoms with Crippen LogP contribution in [0.4, 0.5) is 5.82 Å². The van der Waals surface area contributed by atoms with Crippen LogP contribution in [0.25, 0.3) is 17.0 Å². The summed E-state index contributed by atoms with van der Waals surface area (Å²) in [4.78, 5) is 20.2. The van der Waals surface area contributed by atoms with Gasteiger partial charge >= 0.3 is 5.97 Å². The second-order valence-corrected chi connectivity index (χ2v) is 4.77. The quantitative estimate of drug-likeness (QED) is 0.670. The molecule has 118 valence electrons. The number of anilines is 1. The number of aliphatic hydroxyl groups is 1. The average Bonchev–Trinajstić information content (AvgIpc) is 3.08. The number of aliphatic hydroxyl groups excluding tert-OH is 1. The molecule has 2 aromatic heterocycles. The molecule has 0 saturated heterocycles. The third-order valence-electron chi connectivity index (χ3n) is 3.31. The molecule has 0 aliphatic rings. The highest BCUT2D eigenvalue weighted by Gasteiger charge is 2.20. The van der Waals surface area contributed by atoms with Gasteiger partial charge in [0.25, 0.3) is 5.78 Å². The maximum absolute atomic E-state index is 11.7. The number of carbonyl (C=O) groups excluding carboxylic acids is 1. The van der Waals surface area contributed by atoms with E-state index in [4.69, 9.17) is 0 Å². The van der Waals surface area contributed by atoms with Gasteiger partial charge in [-0.1, -0.05) is 30.3 Å². The number of benzene rings is 1. The van der Waals surface area contributed by atoms with Crippen LogP contribution in [-0.2, 0) is 9.53 Å². The van der Waals surface area contributed by atoms with Gasteiger partial charge in [0.2, 0.25) is 0 Å². The molecule has 1 aromatic carbocycles. The summed E-state index contributed by atoms with van der Waals surface area (Å²) >= 11 is 0. The molecule has 0 spiro atoms. The molecule has 0 aliphatic heterocycles. The molecule has 2 heterocycles. The Kier molecular flexibility index (Phi) is 4.15. The molecule has 0 radical (unpaired) electrons. The van der Waals surface area contributed by atoms with Gasteiger partial charge in [-0.05, 0) is 0 Å². The maximum atomic E-state index is 11.7. The second kappa shape index (κ2) is 6.41. The minimum Gasteiger partial charge on any atom is -0.467 e. The van der Waals surface area contributed by atoms with Crippen molar-refractivity contribution < 1.29 is 14.6 Å². The highest BCUT2D eigenvalue weighted by atomic mass is 16.5. The van der Waals surface area contributed by atoms with Gasteiger partial charge in [0, 0.05) is 11.6 Å². The third-order valence-corrected chi connectivity index (χ3v) is 3.31. The fourth-order valence-corrected chi connectivity index (χ4v) is 2.17. The van der Waals surface area contributed by atoms with Crippen LogP contribution < -0.4 is 5.32 Å². The van der Waals surface area contributed by atoms with Gasteiger partial charge in [-0.2, -0.15) is 14.6 Å². The Morgan fingerprint density at radius 2 is 2.17 bits per heavy atom. The summed E-state index contributed by atoms with van der Waals surface area (Å²) in [5.74, 6) is 0.296. The van der Waals surface area contributed by atoms with Crippen LogP contribution in [0.1, 0.15) is 0 Å². The standard InChI is InChI=1S/C15H15N5O3/c1-23-14(22)12(8-21)18-13-7-11(10-5-3-2-4-6-10)19-15-16-9-17-20(13)15/h2-7,9,12,18,21H,8H2,1H3. The van der Waals surface area contributed by atoms with Crippen molar-refractivity contribution in [3.8, 4) is 11.3 Å². The molecule has 8 nitrogen and oxygen atoms in total. The van der Waals surface area contributed by atoms with Gasteiger partial charge in [0.05, 0.1) is 19.4 Å². The lowest BCUT2D eigenvalue weighted by molar-refractivity contribution is -0.142. The molecule has 23 heavy (non-hydrogen) atoms. The normalized spacial score (nSPS) is 12.1. The molecule has 0 saturated carbocycles. The van der Waals surface area contributed by atoms with E-state index in [0.717, 1.165) is 5.56 Å². The van der Waals surface area contributed by atoms with E-state index in [-0.39, 0.29) is 0 Å². The number of hydrogen-bond donors (Lipinski definition) is 2. The molecule has 1 unspecified atom stereocenters. The molecule has 1 atom stereocenters. The first-order valence-corrected chi connectivity index (χ1v) is 6.94. The van der Waals surface area contributed by atoms with Gasteiger partial charge in [0.15, 0.2) is 0 Å². The Labute approximate surface area is 131 Å². The fraction of sp³-hybridized carbons (Fsp3) is 0.200. The number of nitrogens with one attached hydrogen (secondary N) is 1. The lowest BCUT2D eigenvalue weighted by Crippen LogP contribution is -2.34. The summed E-state index contributed by atoms with van der Waals surface area (Å²) in [5.41, 5.74) is 1.58. The maximum Gasteiger partial charge on any atom is 0.330 e. The molecule has 0 bridgehead atoms. The van der Waals surface area contributed by atoms with Gasteiger partial charge in [-0.25, -0.2) is 9.78 Å². The van der Waals surface area contributed by atoms with Crippen molar-refractivity contribution in [1.29, 1.82) is 0 Å². The predicted molar refractivity (Wildman–Crippen MR) is 82.7 cm³/mol. The Morgan fingerprint density at radius 1 is 1.39 bits per heavy atom. The van der Waals surface area contributed by atoms with Crippen LogP contribution in [0.3, 0.4) is 0 Å². The molecular weight excluding hydrogens is 298 g/mol. The van der Waals surface area contributed by atoms with Gasteiger partial charge in [0.1, 0.15) is 18.2 Å². The van der Waals surface area contributed by atoms with Gasteiger partial charge < -0.3 is 15.2 Å². The summed E-state index contributed by atoms with van der Waals surface area (Å²) < 4.78 is 6.12. The van der Waals surface area contributed by atoms with E-state index in [1.807, 2.05) is 30.3 Å². The highest BCUT2D eigenvalue weighted by molar-refractivity contribution is 5.79. The minimum absolute atomic E-state index is 0.385. The monoisotopic (exact) mass is 313 g/mol. The van der Waals surface area contributed by atoms with Crippen molar-refractivity contribution in [2.45, 2.75) is 6.04 Å². The smallest absolute Gasteiger partial charge is 0.330 e. The molecule has 3 rings (SSSR count). The van der Waals surface area contributed by atoms with Crippen molar-refractivity contribution >= 4 is 17.6 Å². The van der Waals surface area contributed by atoms with Crippen molar-refractivity contribution in [1.82, 2.24) is 19.6 Å². The fourth-order valence-electron chi connectivity index (χ4n) is 2.17. The van der Waals surface area contributed by atoms with Gasteiger partial charge in [-0.15, -0.1) is 0 Å². The molecule has 2 N–H and O–H groups in total. The number of esters is 1. The molecule has 0 amide bonds. The van der Waals surface area contributed by atoms with Crippen LogP contribution in [0.15, 0.2) is 42.7 Å². The van der Waals surface area contributed by atoms with E-state index in [1.165, 1.54) is 18.0 Å². The first-order chi connectivity index (χ1) is 11.2. The number of ether oxygens (including phenoxy) is 1. The highest BCUT2D eigenvalue weighted by Crippen LogP contribution is 2.21. The Hall–Kier alpha value is -3.00. The Balaban J connectivity index is 2.05. The first-order valence-electron chi connectivity index (χ1n) is 6.94. The number of nitrogens with zero attached hydrogens (tertiary/aromatic N) is 4. The zero-order valence-corrected chi connectivity index (χ0v) is 12.4. The molecule has 0 fully saturated rings. The molecule has 0 aliphatic carbocycles. The molecular formula is C15H15N5O3. The topological polar surface area (TPSA) is 102 Å². The van der Waals surface area contributed by atoms with Crippen molar-refractivity contribution in [2.75, 3.05) is 19.0 Å². The molecule has 8 heteroatoms. The predicted octanol–water partition coefficient (Wildman–Crippen LogP) is 0.737. The zero-order valence-electron chi connectivity index (χ0n) is 12.4. The summed E-state index contributed by atoms with van der Waals surface area (Å²) in [5, 5.41) is 16.4. The number of fused-ring (bicyclic) bond motifs is 1. The van der Waals surface area contributed by atoms with E-state index in [0.29, 0.717) is 17.3 Å². The van der Waals surface area contributed by atoms with Crippen molar-refractivity contribution in [3.63, 3.8) is 0 Å². The van der Waals surface area contributed by atoms with Crippen molar-refractivity contribution in [3.05, 3.63) is 42.7 Å². The number of hydrogen-bond acceptors (Lipinski definition) is 7. The van der Waals surface area contributed by atoms with Crippen molar-refractivity contribution in [2.24, 2.45) is 0 Å².